The highest BCUT2D eigenvalue weighted by Crippen LogP contribution is 2.22. The third-order valence-electron chi connectivity index (χ3n) is 4.13. The number of carbonyl (C=O) groups excluding carboxylic acids is 2. The van der Waals surface area contributed by atoms with E-state index in [1.54, 1.807) is 24.3 Å². The monoisotopic (exact) mass is 399 g/mol. The molecule has 29 heavy (non-hydrogen) atoms. The van der Waals surface area contributed by atoms with E-state index in [1.807, 2.05) is 0 Å². The largest absolute Gasteiger partial charge is 0.464 e. The quantitative estimate of drug-likeness (QED) is 0.372. The number of para-hydroxylation sites is 2. The lowest BCUT2D eigenvalue weighted by molar-refractivity contribution is -0.386. The normalized spacial score (nSPS) is 10.6. The SMILES string of the molecule is COC(=O)c1cn(-c2ccccc2NC(=O)Cn2nc(C)c([N+](=O)[O-])c2C)nn1. The number of nitrogens with zero attached hydrogens (tertiary/aromatic N) is 6. The zero-order valence-corrected chi connectivity index (χ0v) is 15.8. The molecule has 0 unspecified atom stereocenters. The number of amides is 1. The highest BCUT2D eigenvalue weighted by molar-refractivity contribution is 5.93. The molecule has 0 aliphatic carbocycles. The van der Waals surface area contributed by atoms with Crippen LogP contribution >= 0.6 is 0 Å². The Bertz CT molecular complexity index is 1100. The zero-order chi connectivity index (χ0) is 21.1. The number of aryl methyl sites for hydroxylation is 1. The van der Waals surface area contributed by atoms with E-state index in [-0.39, 0.29) is 29.3 Å². The smallest absolute Gasteiger partial charge is 0.360 e. The van der Waals surface area contributed by atoms with Crippen molar-refractivity contribution in [1.29, 1.82) is 0 Å². The molecule has 1 amide bonds. The molecule has 0 saturated carbocycles. The summed E-state index contributed by atoms with van der Waals surface area (Å²) in [5.74, 6) is -1.07. The fraction of sp³-hybridized carbons (Fsp3) is 0.235. The molecule has 3 rings (SSSR count). The van der Waals surface area contributed by atoms with Gasteiger partial charge in [0.25, 0.3) is 0 Å². The average Bonchev–Trinajstić information content (AvgIpc) is 3.26. The molecule has 1 N–H and O–H groups in total. The summed E-state index contributed by atoms with van der Waals surface area (Å²) in [6.07, 6.45) is 1.38. The Morgan fingerprint density at radius 3 is 2.66 bits per heavy atom. The summed E-state index contributed by atoms with van der Waals surface area (Å²) < 4.78 is 7.21. The first kappa shape index (κ1) is 19.7. The predicted molar refractivity (Wildman–Crippen MR) is 99.7 cm³/mol. The molecule has 0 radical (unpaired) electrons. The summed E-state index contributed by atoms with van der Waals surface area (Å²) in [4.78, 5) is 34.7. The molecular weight excluding hydrogens is 382 g/mol. The van der Waals surface area contributed by atoms with Gasteiger partial charge >= 0.3 is 11.7 Å². The molecule has 12 nitrogen and oxygen atoms in total. The second-order valence-corrected chi connectivity index (χ2v) is 6.04. The molecule has 2 aromatic heterocycles. The maximum absolute atomic E-state index is 12.5. The van der Waals surface area contributed by atoms with Crippen molar-refractivity contribution in [3.05, 3.63) is 57.7 Å². The van der Waals surface area contributed by atoms with Crippen LogP contribution in [0.15, 0.2) is 30.5 Å². The van der Waals surface area contributed by atoms with Crippen LogP contribution in [0.5, 0.6) is 0 Å². The number of carbonyl (C=O) groups is 2. The average molecular weight is 399 g/mol. The minimum Gasteiger partial charge on any atom is -0.464 e. The third kappa shape index (κ3) is 3.95. The zero-order valence-electron chi connectivity index (χ0n) is 15.8. The molecule has 150 valence electrons. The van der Waals surface area contributed by atoms with Crippen LogP contribution in [0.4, 0.5) is 11.4 Å². The Morgan fingerprint density at radius 1 is 1.28 bits per heavy atom. The fourth-order valence-corrected chi connectivity index (χ4v) is 2.79. The number of aromatic nitrogens is 5. The number of hydrogen-bond acceptors (Lipinski definition) is 8. The molecular formula is C17H17N7O5. The molecule has 0 saturated heterocycles. The number of esters is 1. The van der Waals surface area contributed by atoms with Crippen molar-refractivity contribution >= 4 is 23.3 Å². The van der Waals surface area contributed by atoms with Gasteiger partial charge in [0.15, 0.2) is 5.69 Å². The van der Waals surface area contributed by atoms with Gasteiger partial charge < -0.3 is 10.1 Å². The van der Waals surface area contributed by atoms with E-state index in [9.17, 15) is 19.7 Å². The van der Waals surface area contributed by atoms with Gasteiger partial charge in [-0.3, -0.25) is 19.6 Å². The van der Waals surface area contributed by atoms with Gasteiger partial charge in [0, 0.05) is 0 Å². The van der Waals surface area contributed by atoms with Crippen molar-refractivity contribution < 1.29 is 19.2 Å². The Labute approximate surface area is 164 Å². The van der Waals surface area contributed by atoms with Crippen molar-refractivity contribution in [1.82, 2.24) is 24.8 Å². The number of anilines is 1. The van der Waals surface area contributed by atoms with Gasteiger partial charge in [0.1, 0.15) is 17.9 Å². The summed E-state index contributed by atoms with van der Waals surface area (Å²) in [7, 11) is 1.23. The van der Waals surface area contributed by atoms with Crippen molar-refractivity contribution in [2.45, 2.75) is 20.4 Å². The minimum atomic E-state index is -0.635. The Kier molecular flexibility index (Phi) is 5.34. The lowest BCUT2D eigenvalue weighted by Crippen LogP contribution is -2.21. The molecule has 1 aromatic carbocycles. The van der Waals surface area contributed by atoms with E-state index >= 15 is 0 Å². The van der Waals surface area contributed by atoms with Crippen LogP contribution < -0.4 is 5.32 Å². The Balaban J connectivity index is 1.82. The lowest BCUT2D eigenvalue weighted by atomic mass is 10.2. The fourth-order valence-electron chi connectivity index (χ4n) is 2.79. The number of hydrogen-bond donors (Lipinski definition) is 1. The molecule has 0 spiro atoms. The van der Waals surface area contributed by atoms with Crippen LogP contribution in [0.2, 0.25) is 0 Å². The summed E-state index contributed by atoms with van der Waals surface area (Å²) in [6, 6.07) is 6.77. The van der Waals surface area contributed by atoms with E-state index in [0.29, 0.717) is 11.4 Å². The Morgan fingerprint density at radius 2 is 2.00 bits per heavy atom. The first-order valence-corrected chi connectivity index (χ1v) is 8.40. The van der Waals surface area contributed by atoms with Crippen LogP contribution in [0.25, 0.3) is 5.69 Å². The van der Waals surface area contributed by atoms with Crippen molar-refractivity contribution in [3.63, 3.8) is 0 Å². The maximum atomic E-state index is 12.5. The van der Waals surface area contributed by atoms with Gasteiger partial charge in [-0.1, -0.05) is 17.3 Å². The van der Waals surface area contributed by atoms with Gasteiger partial charge in [0.2, 0.25) is 5.91 Å². The second kappa shape index (κ2) is 7.88. The second-order valence-electron chi connectivity index (χ2n) is 6.04. The van der Waals surface area contributed by atoms with Crippen LogP contribution in [-0.4, -0.2) is 48.7 Å². The van der Waals surface area contributed by atoms with Gasteiger partial charge in [-0.15, -0.1) is 5.10 Å². The summed E-state index contributed by atoms with van der Waals surface area (Å²) >= 11 is 0. The standard InChI is InChI=1S/C17H17N7O5/c1-10-16(24(27)28)11(2)22(20-10)9-15(25)18-12-6-4-5-7-14(12)23-8-13(19-21-23)17(26)29-3/h4-8H,9H2,1-3H3,(H,18,25). The van der Waals surface area contributed by atoms with Crippen LogP contribution in [0, 0.1) is 24.0 Å². The Hall–Kier alpha value is -4.09. The van der Waals surface area contributed by atoms with Crippen molar-refractivity contribution in [2.75, 3.05) is 12.4 Å². The van der Waals surface area contributed by atoms with E-state index in [2.05, 4.69) is 25.5 Å². The molecule has 2 heterocycles. The number of rotatable bonds is 6. The number of nitrogens with one attached hydrogen (secondary N) is 1. The first-order valence-electron chi connectivity index (χ1n) is 8.40. The topological polar surface area (TPSA) is 147 Å². The van der Waals surface area contributed by atoms with Crippen LogP contribution in [0.1, 0.15) is 21.9 Å². The molecule has 0 aliphatic heterocycles. The number of ether oxygens (including phenoxy) is 1. The van der Waals surface area contributed by atoms with Gasteiger partial charge in [-0.2, -0.15) is 5.10 Å². The predicted octanol–water partition coefficient (Wildman–Crippen LogP) is 1.41. The third-order valence-corrected chi connectivity index (χ3v) is 4.13. The van der Waals surface area contributed by atoms with Crippen LogP contribution in [-0.2, 0) is 16.1 Å². The van der Waals surface area contributed by atoms with Gasteiger partial charge in [0.05, 0.1) is 29.6 Å². The number of nitro groups is 1. The molecule has 0 atom stereocenters. The summed E-state index contributed by atoms with van der Waals surface area (Å²) in [5.41, 5.74) is 1.31. The molecule has 0 bridgehead atoms. The maximum Gasteiger partial charge on any atom is 0.360 e. The van der Waals surface area contributed by atoms with Crippen molar-refractivity contribution in [2.24, 2.45) is 0 Å². The van der Waals surface area contributed by atoms with E-state index in [1.165, 1.54) is 36.5 Å². The highest BCUT2D eigenvalue weighted by Gasteiger charge is 2.23. The summed E-state index contributed by atoms with van der Waals surface area (Å²) in [6.45, 7) is 2.83. The van der Waals surface area contributed by atoms with E-state index < -0.39 is 16.8 Å². The number of methoxy groups -OCH3 is 1. The first-order chi connectivity index (χ1) is 13.8. The minimum absolute atomic E-state index is 0.0172. The van der Waals surface area contributed by atoms with Crippen LogP contribution in [0.3, 0.4) is 0 Å². The molecule has 12 heteroatoms. The number of benzene rings is 1. The van der Waals surface area contributed by atoms with E-state index in [0.717, 1.165) is 0 Å². The summed E-state index contributed by atoms with van der Waals surface area (Å²) in [5, 5.41) is 25.5. The molecule has 3 aromatic rings. The molecule has 0 aliphatic rings. The molecule has 0 fully saturated rings. The highest BCUT2D eigenvalue weighted by atomic mass is 16.6. The van der Waals surface area contributed by atoms with Gasteiger partial charge in [-0.05, 0) is 26.0 Å². The lowest BCUT2D eigenvalue weighted by Gasteiger charge is -2.11. The van der Waals surface area contributed by atoms with Gasteiger partial charge in [-0.25, -0.2) is 9.48 Å². The van der Waals surface area contributed by atoms with Crippen molar-refractivity contribution in [3.8, 4) is 5.69 Å². The van der Waals surface area contributed by atoms with E-state index in [4.69, 9.17) is 0 Å².